The van der Waals surface area contributed by atoms with E-state index < -0.39 is 0 Å². The smallest absolute Gasteiger partial charge is 0.193 e. The molecule has 1 atom stereocenters. The molecule has 162 valence electrons. The van der Waals surface area contributed by atoms with Gasteiger partial charge in [0.05, 0.1) is 26.4 Å². The molecule has 0 radical (unpaired) electrons. The zero-order valence-electron chi connectivity index (χ0n) is 18.6. The summed E-state index contributed by atoms with van der Waals surface area (Å²) < 4.78 is 10.8. The Morgan fingerprint density at radius 3 is 2.83 bits per heavy atom. The standard InChI is InChI=1S/C24H39N3O2/c1-4-25-23(27-13-10-21(17-27)18-29-15-14-28-3)26-19-24(11-5-6-12-24)22-9-7-8-20(2)16-22/h7-9,16,21H,4-6,10-15,17-19H2,1-3H3,(H,25,26). The highest BCUT2D eigenvalue weighted by Crippen LogP contribution is 2.41. The highest BCUT2D eigenvalue weighted by atomic mass is 16.5. The van der Waals surface area contributed by atoms with Crippen LogP contribution < -0.4 is 5.32 Å². The van der Waals surface area contributed by atoms with E-state index in [0.717, 1.165) is 38.7 Å². The molecule has 2 aliphatic rings. The van der Waals surface area contributed by atoms with Gasteiger partial charge in [0.1, 0.15) is 0 Å². The fourth-order valence-electron chi connectivity index (χ4n) is 4.77. The van der Waals surface area contributed by atoms with Gasteiger partial charge in [-0.25, -0.2) is 0 Å². The van der Waals surface area contributed by atoms with E-state index in [0.29, 0.717) is 19.1 Å². The van der Waals surface area contributed by atoms with Crippen molar-refractivity contribution in [2.24, 2.45) is 10.9 Å². The highest BCUT2D eigenvalue weighted by Gasteiger charge is 2.36. The first kappa shape index (κ1) is 22.1. The molecular weight excluding hydrogens is 362 g/mol. The molecule has 29 heavy (non-hydrogen) atoms. The lowest BCUT2D eigenvalue weighted by molar-refractivity contribution is 0.0536. The molecule has 2 fully saturated rings. The number of guanidine groups is 1. The van der Waals surface area contributed by atoms with E-state index in [2.05, 4.69) is 48.3 Å². The first-order chi connectivity index (χ1) is 14.2. The van der Waals surface area contributed by atoms with Crippen LogP contribution in [0.3, 0.4) is 0 Å². The van der Waals surface area contributed by atoms with Gasteiger partial charge in [-0.05, 0) is 38.7 Å². The summed E-state index contributed by atoms with van der Waals surface area (Å²) in [5.41, 5.74) is 3.02. The summed E-state index contributed by atoms with van der Waals surface area (Å²) in [5.74, 6) is 1.65. The molecule has 1 N–H and O–H groups in total. The predicted molar refractivity (Wildman–Crippen MR) is 120 cm³/mol. The normalized spacial score (nSPS) is 21.7. The fraction of sp³-hybridized carbons (Fsp3) is 0.708. The Morgan fingerprint density at radius 2 is 2.10 bits per heavy atom. The van der Waals surface area contributed by atoms with Crippen LogP contribution in [0.2, 0.25) is 0 Å². The van der Waals surface area contributed by atoms with Crippen LogP contribution in [0.1, 0.15) is 50.2 Å². The van der Waals surface area contributed by atoms with Crippen LogP contribution in [0.15, 0.2) is 29.3 Å². The Kier molecular flexibility index (Phi) is 8.37. The topological polar surface area (TPSA) is 46.1 Å². The number of hydrogen-bond donors (Lipinski definition) is 1. The summed E-state index contributed by atoms with van der Waals surface area (Å²) in [6.45, 7) is 10.4. The van der Waals surface area contributed by atoms with E-state index in [9.17, 15) is 0 Å². The van der Waals surface area contributed by atoms with Crippen molar-refractivity contribution in [3.05, 3.63) is 35.4 Å². The molecule has 1 saturated carbocycles. The van der Waals surface area contributed by atoms with Crippen molar-refractivity contribution in [3.8, 4) is 0 Å². The Morgan fingerprint density at radius 1 is 1.28 bits per heavy atom. The van der Waals surface area contributed by atoms with Gasteiger partial charge in [0.25, 0.3) is 0 Å². The molecule has 5 heteroatoms. The SMILES string of the molecule is CCNC(=NCC1(c2cccc(C)c2)CCCC1)N1CCC(COCCOC)C1. The Bertz CT molecular complexity index is 655. The average Bonchev–Trinajstić information content (AvgIpc) is 3.39. The molecule has 1 unspecified atom stereocenters. The lowest BCUT2D eigenvalue weighted by Gasteiger charge is -2.30. The summed E-state index contributed by atoms with van der Waals surface area (Å²) in [5, 5.41) is 3.54. The number of rotatable bonds is 9. The largest absolute Gasteiger partial charge is 0.382 e. The molecular formula is C24H39N3O2. The average molecular weight is 402 g/mol. The van der Waals surface area contributed by atoms with E-state index in [1.165, 1.54) is 43.2 Å². The van der Waals surface area contributed by atoms with Crippen LogP contribution in [-0.4, -0.2) is 64.0 Å². The van der Waals surface area contributed by atoms with Gasteiger partial charge in [0, 0.05) is 38.1 Å². The zero-order chi connectivity index (χ0) is 20.5. The summed E-state index contributed by atoms with van der Waals surface area (Å²) >= 11 is 0. The van der Waals surface area contributed by atoms with Gasteiger partial charge in [-0.15, -0.1) is 0 Å². The molecule has 1 aromatic carbocycles. The van der Waals surface area contributed by atoms with Gasteiger partial charge in [-0.1, -0.05) is 42.7 Å². The van der Waals surface area contributed by atoms with E-state index in [-0.39, 0.29) is 5.41 Å². The fourth-order valence-corrected chi connectivity index (χ4v) is 4.77. The van der Waals surface area contributed by atoms with Crippen molar-refractivity contribution >= 4 is 5.96 Å². The van der Waals surface area contributed by atoms with Gasteiger partial charge in [0.2, 0.25) is 0 Å². The summed E-state index contributed by atoms with van der Waals surface area (Å²) in [6, 6.07) is 9.08. The number of hydrogen-bond acceptors (Lipinski definition) is 3. The molecule has 1 aromatic rings. The van der Waals surface area contributed by atoms with Gasteiger partial charge >= 0.3 is 0 Å². The monoisotopic (exact) mass is 401 g/mol. The number of aliphatic imine (C=N–C) groups is 1. The van der Waals surface area contributed by atoms with Gasteiger partial charge in [-0.2, -0.15) is 0 Å². The maximum atomic E-state index is 5.76. The minimum atomic E-state index is 0.203. The maximum absolute atomic E-state index is 5.76. The third kappa shape index (κ3) is 5.95. The lowest BCUT2D eigenvalue weighted by atomic mass is 9.78. The van der Waals surface area contributed by atoms with Gasteiger partial charge in [0.15, 0.2) is 5.96 Å². The number of nitrogens with zero attached hydrogens (tertiary/aromatic N) is 2. The number of aryl methyl sites for hydroxylation is 1. The minimum absolute atomic E-state index is 0.203. The van der Waals surface area contributed by atoms with Crippen molar-refractivity contribution in [3.63, 3.8) is 0 Å². The Hall–Kier alpha value is -1.59. The van der Waals surface area contributed by atoms with Crippen LogP contribution in [0.4, 0.5) is 0 Å². The van der Waals surface area contributed by atoms with E-state index in [4.69, 9.17) is 14.5 Å². The second kappa shape index (κ2) is 11.0. The Balaban J connectivity index is 1.65. The summed E-state index contributed by atoms with van der Waals surface area (Å²) in [7, 11) is 1.72. The summed E-state index contributed by atoms with van der Waals surface area (Å²) in [6.07, 6.45) is 6.28. The quantitative estimate of drug-likeness (QED) is 0.389. The molecule has 0 spiro atoms. The molecule has 0 bridgehead atoms. The molecule has 0 aromatic heterocycles. The lowest BCUT2D eigenvalue weighted by Crippen LogP contribution is -2.41. The highest BCUT2D eigenvalue weighted by molar-refractivity contribution is 5.80. The van der Waals surface area contributed by atoms with E-state index in [1.807, 2.05) is 0 Å². The van der Waals surface area contributed by atoms with E-state index in [1.54, 1.807) is 7.11 Å². The number of methoxy groups -OCH3 is 1. The van der Waals surface area contributed by atoms with Crippen molar-refractivity contribution < 1.29 is 9.47 Å². The van der Waals surface area contributed by atoms with Crippen molar-refractivity contribution in [2.75, 3.05) is 53.1 Å². The number of benzene rings is 1. The number of ether oxygens (including phenoxy) is 2. The summed E-state index contributed by atoms with van der Waals surface area (Å²) in [4.78, 5) is 7.59. The molecule has 1 heterocycles. The zero-order valence-corrected chi connectivity index (χ0v) is 18.6. The third-order valence-corrected chi connectivity index (χ3v) is 6.43. The van der Waals surface area contributed by atoms with Crippen LogP contribution in [0.25, 0.3) is 0 Å². The molecule has 1 aliphatic carbocycles. The predicted octanol–water partition coefficient (Wildman–Crippen LogP) is 3.76. The number of nitrogens with one attached hydrogen (secondary N) is 1. The van der Waals surface area contributed by atoms with Crippen molar-refractivity contribution in [2.45, 2.75) is 51.4 Å². The Labute approximate surface area is 176 Å². The van der Waals surface area contributed by atoms with Crippen LogP contribution in [0, 0.1) is 12.8 Å². The van der Waals surface area contributed by atoms with Crippen molar-refractivity contribution in [1.82, 2.24) is 10.2 Å². The molecule has 5 nitrogen and oxygen atoms in total. The second-order valence-electron chi connectivity index (χ2n) is 8.70. The van der Waals surface area contributed by atoms with Crippen molar-refractivity contribution in [1.29, 1.82) is 0 Å². The van der Waals surface area contributed by atoms with Crippen LogP contribution >= 0.6 is 0 Å². The van der Waals surface area contributed by atoms with Crippen LogP contribution in [0.5, 0.6) is 0 Å². The molecule has 1 aliphatic heterocycles. The first-order valence-corrected chi connectivity index (χ1v) is 11.3. The molecule has 0 amide bonds. The van der Waals surface area contributed by atoms with Gasteiger partial charge in [-0.3, -0.25) is 4.99 Å². The maximum Gasteiger partial charge on any atom is 0.193 e. The van der Waals surface area contributed by atoms with Crippen LogP contribution in [-0.2, 0) is 14.9 Å². The number of likely N-dealkylation sites (tertiary alicyclic amines) is 1. The second-order valence-corrected chi connectivity index (χ2v) is 8.70. The van der Waals surface area contributed by atoms with E-state index >= 15 is 0 Å². The first-order valence-electron chi connectivity index (χ1n) is 11.3. The third-order valence-electron chi connectivity index (χ3n) is 6.43. The molecule has 3 rings (SSSR count). The van der Waals surface area contributed by atoms with Gasteiger partial charge < -0.3 is 19.7 Å². The minimum Gasteiger partial charge on any atom is -0.382 e. The molecule has 1 saturated heterocycles.